The van der Waals surface area contributed by atoms with Crippen molar-refractivity contribution in [2.45, 2.75) is 39.2 Å². The van der Waals surface area contributed by atoms with Gasteiger partial charge in [-0.05, 0) is 33.2 Å². The van der Waals surface area contributed by atoms with Crippen molar-refractivity contribution >= 4 is 35.8 Å². The van der Waals surface area contributed by atoms with Crippen LogP contribution in [0.2, 0.25) is 0 Å². The van der Waals surface area contributed by atoms with Crippen LogP contribution in [0.25, 0.3) is 0 Å². The molecular formula is C15H32IN5O. The number of rotatable bonds is 6. The third kappa shape index (κ3) is 8.17. The fourth-order valence-electron chi connectivity index (χ4n) is 2.44. The molecule has 0 aromatic rings. The molecule has 7 heteroatoms. The molecule has 1 amide bonds. The van der Waals surface area contributed by atoms with Crippen molar-refractivity contribution in [1.29, 1.82) is 0 Å². The molecule has 1 saturated heterocycles. The molecule has 2 N–H and O–H groups in total. The van der Waals surface area contributed by atoms with Crippen LogP contribution in [0.15, 0.2) is 4.99 Å². The maximum Gasteiger partial charge on any atom is 0.243 e. The zero-order valence-corrected chi connectivity index (χ0v) is 16.7. The molecule has 1 rings (SSSR count). The van der Waals surface area contributed by atoms with Crippen LogP contribution in [0.4, 0.5) is 0 Å². The fourth-order valence-corrected chi connectivity index (χ4v) is 2.44. The molecule has 0 saturated carbocycles. The SMILES string of the molecule is CCNC(=NCC(=O)N(C)C)NCCN1CCCCC1C.I. The Morgan fingerprint density at radius 1 is 1.32 bits per heavy atom. The molecule has 1 heterocycles. The number of likely N-dealkylation sites (tertiary alicyclic amines) is 1. The van der Waals surface area contributed by atoms with Crippen molar-refractivity contribution in [1.82, 2.24) is 20.4 Å². The van der Waals surface area contributed by atoms with Gasteiger partial charge < -0.3 is 15.5 Å². The lowest BCUT2D eigenvalue weighted by Gasteiger charge is -2.33. The van der Waals surface area contributed by atoms with Crippen LogP contribution in [0.3, 0.4) is 0 Å². The highest BCUT2D eigenvalue weighted by Gasteiger charge is 2.17. The quantitative estimate of drug-likeness (QED) is 0.381. The summed E-state index contributed by atoms with van der Waals surface area (Å²) in [7, 11) is 3.49. The number of nitrogens with zero attached hydrogens (tertiary/aromatic N) is 3. The molecule has 1 unspecified atom stereocenters. The van der Waals surface area contributed by atoms with E-state index in [1.165, 1.54) is 25.8 Å². The first kappa shape index (κ1) is 21.4. The smallest absolute Gasteiger partial charge is 0.243 e. The van der Waals surface area contributed by atoms with Crippen molar-refractivity contribution in [3.63, 3.8) is 0 Å². The molecule has 1 aliphatic rings. The predicted molar refractivity (Wildman–Crippen MR) is 103 cm³/mol. The van der Waals surface area contributed by atoms with Gasteiger partial charge in [0.05, 0.1) is 0 Å². The first-order valence-corrected chi connectivity index (χ1v) is 8.01. The zero-order chi connectivity index (χ0) is 15.7. The largest absolute Gasteiger partial charge is 0.357 e. The van der Waals surface area contributed by atoms with Gasteiger partial charge in [-0.2, -0.15) is 0 Å². The van der Waals surface area contributed by atoms with Gasteiger partial charge in [0.1, 0.15) is 6.54 Å². The summed E-state index contributed by atoms with van der Waals surface area (Å²) in [5, 5.41) is 6.48. The summed E-state index contributed by atoms with van der Waals surface area (Å²) in [6.07, 6.45) is 3.95. The van der Waals surface area contributed by atoms with Gasteiger partial charge in [0.2, 0.25) is 5.91 Å². The molecule has 22 heavy (non-hydrogen) atoms. The molecule has 1 fully saturated rings. The highest BCUT2D eigenvalue weighted by atomic mass is 127. The van der Waals surface area contributed by atoms with Gasteiger partial charge in [-0.1, -0.05) is 6.42 Å². The molecule has 0 spiro atoms. The van der Waals surface area contributed by atoms with E-state index >= 15 is 0 Å². The van der Waals surface area contributed by atoms with E-state index in [1.54, 1.807) is 19.0 Å². The minimum absolute atomic E-state index is 0. The molecule has 0 aliphatic carbocycles. The Labute approximate surface area is 152 Å². The van der Waals surface area contributed by atoms with Gasteiger partial charge in [0.15, 0.2) is 5.96 Å². The molecule has 0 radical (unpaired) electrons. The second-order valence-electron chi connectivity index (χ2n) is 5.79. The number of carbonyl (C=O) groups is 1. The third-order valence-electron chi connectivity index (χ3n) is 3.85. The average molecular weight is 425 g/mol. The van der Waals surface area contributed by atoms with Crippen molar-refractivity contribution in [3.8, 4) is 0 Å². The molecule has 130 valence electrons. The van der Waals surface area contributed by atoms with Crippen molar-refractivity contribution in [3.05, 3.63) is 0 Å². The van der Waals surface area contributed by atoms with E-state index < -0.39 is 0 Å². The van der Waals surface area contributed by atoms with Crippen molar-refractivity contribution in [2.24, 2.45) is 4.99 Å². The molecule has 0 bridgehead atoms. The Morgan fingerprint density at radius 3 is 2.64 bits per heavy atom. The van der Waals surface area contributed by atoms with Crippen LogP contribution in [-0.2, 0) is 4.79 Å². The van der Waals surface area contributed by atoms with Gasteiger partial charge in [-0.15, -0.1) is 24.0 Å². The van der Waals surface area contributed by atoms with Crippen molar-refractivity contribution in [2.75, 3.05) is 46.8 Å². The Morgan fingerprint density at radius 2 is 2.05 bits per heavy atom. The van der Waals surface area contributed by atoms with E-state index in [-0.39, 0.29) is 36.4 Å². The highest BCUT2D eigenvalue weighted by Crippen LogP contribution is 2.15. The number of hydrogen-bond donors (Lipinski definition) is 2. The second-order valence-corrected chi connectivity index (χ2v) is 5.79. The number of carbonyl (C=O) groups excluding carboxylic acids is 1. The van der Waals surface area contributed by atoms with Crippen LogP contribution in [0.1, 0.15) is 33.1 Å². The zero-order valence-electron chi connectivity index (χ0n) is 14.4. The van der Waals surface area contributed by atoms with Crippen LogP contribution in [-0.4, -0.2) is 74.5 Å². The summed E-state index contributed by atoms with van der Waals surface area (Å²) in [5.41, 5.74) is 0. The van der Waals surface area contributed by atoms with Crippen LogP contribution in [0.5, 0.6) is 0 Å². The number of hydrogen-bond acceptors (Lipinski definition) is 3. The van der Waals surface area contributed by atoms with Crippen LogP contribution in [0, 0.1) is 0 Å². The monoisotopic (exact) mass is 425 g/mol. The second kappa shape index (κ2) is 11.9. The van der Waals surface area contributed by atoms with E-state index in [1.807, 2.05) is 6.92 Å². The lowest BCUT2D eigenvalue weighted by molar-refractivity contribution is -0.127. The standard InChI is InChI=1S/C15H31N5O.HI/c1-5-16-15(18-12-14(21)19(3)4)17-9-11-20-10-7-6-8-13(20)2;/h13H,5-12H2,1-4H3,(H2,16,17,18);1H. The van der Waals surface area contributed by atoms with Crippen LogP contribution < -0.4 is 10.6 Å². The molecule has 1 atom stereocenters. The minimum atomic E-state index is 0. The summed E-state index contributed by atoms with van der Waals surface area (Å²) in [6, 6.07) is 0.676. The maximum atomic E-state index is 11.6. The lowest BCUT2D eigenvalue weighted by Crippen LogP contribution is -2.45. The third-order valence-corrected chi connectivity index (χ3v) is 3.85. The number of likely N-dealkylation sites (N-methyl/N-ethyl adjacent to an activating group) is 1. The first-order chi connectivity index (χ1) is 10.0. The average Bonchev–Trinajstić information content (AvgIpc) is 2.46. The molecule has 6 nitrogen and oxygen atoms in total. The fraction of sp³-hybridized carbons (Fsp3) is 0.867. The lowest BCUT2D eigenvalue weighted by atomic mass is 10.0. The molecule has 0 aromatic heterocycles. The van der Waals surface area contributed by atoms with Gasteiger partial charge >= 0.3 is 0 Å². The Balaban J connectivity index is 0.00000441. The van der Waals surface area contributed by atoms with E-state index in [2.05, 4.69) is 27.4 Å². The Kier molecular flexibility index (Phi) is 11.6. The number of aliphatic imine (C=N–C) groups is 1. The van der Waals surface area contributed by atoms with Crippen molar-refractivity contribution < 1.29 is 4.79 Å². The van der Waals surface area contributed by atoms with Gasteiger partial charge in [-0.3, -0.25) is 9.69 Å². The summed E-state index contributed by atoms with van der Waals surface area (Å²) in [6.45, 7) is 8.37. The number of amides is 1. The number of guanidine groups is 1. The maximum absolute atomic E-state index is 11.6. The number of nitrogens with one attached hydrogen (secondary N) is 2. The highest BCUT2D eigenvalue weighted by molar-refractivity contribution is 14.0. The molecule has 1 aliphatic heterocycles. The van der Waals surface area contributed by atoms with E-state index in [4.69, 9.17) is 0 Å². The number of halogens is 1. The summed E-state index contributed by atoms with van der Waals surface area (Å²) in [5.74, 6) is 0.731. The first-order valence-electron chi connectivity index (χ1n) is 8.01. The van der Waals surface area contributed by atoms with E-state index in [9.17, 15) is 4.79 Å². The summed E-state index contributed by atoms with van der Waals surface area (Å²) in [4.78, 5) is 20.0. The Hall–Kier alpha value is -0.570. The minimum Gasteiger partial charge on any atom is -0.357 e. The normalized spacial score (nSPS) is 19.3. The summed E-state index contributed by atoms with van der Waals surface area (Å²) >= 11 is 0. The summed E-state index contributed by atoms with van der Waals surface area (Å²) < 4.78 is 0. The Bertz CT molecular complexity index is 349. The van der Waals surface area contributed by atoms with E-state index in [0.29, 0.717) is 6.04 Å². The molecular weight excluding hydrogens is 393 g/mol. The molecule has 0 aromatic carbocycles. The predicted octanol–water partition coefficient (Wildman–Crippen LogP) is 1.12. The van der Waals surface area contributed by atoms with Gasteiger partial charge in [0.25, 0.3) is 0 Å². The van der Waals surface area contributed by atoms with Gasteiger partial charge in [-0.25, -0.2) is 4.99 Å². The number of piperidine rings is 1. The topological polar surface area (TPSA) is 60.0 Å². The van der Waals surface area contributed by atoms with E-state index in [0.717, 1.165) is 25.6 Å². The van der Waals surface area contributed by atoms with Gasteiger partial charge in [0, 0.05) is 39.8 Å². The van der Waals surface area contributed by atoms with Crippen LogP contribution >= 0.6 is 24.0 Å².